The maximum absolute atomic E-state index is 10.9. The van der Waals surface area contributed by atoms with Gasteiger partial charge in [-0.2, -0.15) is 0 Å². The second-order valence-electron chi connectivity index (χ2n) is 4.34. The Morgan fingerprint density at radius 1 is 1.53 bits per heavy atom. The van der Waals surface area contributed by atoms with Crippen LogP contribution >= 0.6 is 0 Å². The molecule has 2 N–H and O–H groups in total. The number of rotatable bonds is 3. The molecule has 0 aromatic carbocycles. The van der Waals surface area contributed by atoms with E-state index in [4.69, 9.17) is 0 Å². The van der Waals surface area contributed by atoms with Crippen molar-refractivity contribution in [3.8, 4) is 0 Å². The van der Waals surface area contributed by atoms with E-state index in [9.17, 15) is 4.79 Å². The lowest BCUT2D eigenvalue weighted by atomic mass is 9.85. The molecule has 3 nitrogen and oxygen atoms in total. The van der Waals surface area contributed by atoms with Crippen LogP contribution in [0.3, 0.4) is 0 Å². The Hall–Kier alpha value is -1.25. The Bertz CT molecular complexity index is 400. The maximum atomic E-state index is 10.9. The molecule has 0 fully saturated rings. The Labute approximate surface area is 89.6 Å². The third-order valence-corrected chi connectivity index (χ3v) is 3.17. The van der Waals surface area contributed by atoms with Crippen LogP contribution in [0.5, 0.6) is 0 Å². The number of allylic oxidation sites excluding steroid dienone is 2. The fourth-order valence-corrected chi connectivity index (χ4v) is 2.33. The van der Waals surface area contributed by atoms with Gasteiger partial charge in [-0.1, -0.05) is 18.6 Å². The van der Waals surface area contributed by atoms with Gasteiger partial charge in [0.2, 0.25) is 0 Å². The summed E-state index contributed by atoms with van der Waals surface area (Å²) in [5, 5.41) is 0. The van der Waals surface area contributed by atoms with Crippen molar-refractivity contribution in [2.75, 3.05) is 0 Å². The van der Waals surface area contributed by atoms with E-state index in [0.717, 1.165) is 12.1 Å². The van der Waals surface area contributed by atoms with Crippen LogP contribution in [0.25, 0.3) is 0 Å². The highest BCUT2D eigenvalue weighted by Crippen LogP contribution is 2.27. The van der Waals surface area contributed by atoms with E-state index in [1.807, 2.05) is 0 Å². The molecule has 15 heavy (non-hydrogen) atoms. The fraction of sp³-hybridized carbons (Fsp3) is 0.583. The van der Waals surface area contributed by atoms with Gasteiger partial charge in [0.1, 0.15) is 0 Å². The summed E-state index contributed by atoms with van der Waals surface area (Å²) in [6, 6.07) is 0. The number of H-pyrrole nitrogens is 2. The summed E-state index contributed by atoms with van der Waals surface area (Å²) >= 11 is 0. The summed E-state index contributed by atoms with van der Waals surface area (Å²) in [7, 11) is 0. The van der Waals surface area contributed by atoms with Crippen LogP contribution in [-0.4, -0.2) is 9.97 Å². The second-order valence-corrected chi connectivity index (χ2v) is 4.34. The lowest BCUT2D eigenvalue weighted by Gasteiger charge is -2.21. The van der Waals surface area contributed by atoms with Crippen molar-refractivity contribution in [1.29, 1.82) is 0 Å². The summed E-state index contributed by atoms with van der Waals surface area (Å²) in [6.07, 6.45) is 9.97. The predicted octanol–water partition coefficient (Wildman–Crippen LogP) is 2.38. The van der Waals surface area contributed by atoms with Gasteiger partial charge in [-0.05, 0) is 38.0 Å². The summed E-state index contributed by atoms with van der Waals surface area (Å²) < 4.78 is 0. The minimum atomic E-state index is -0.0907. The van der Waals surface area contributed by atoms with Crippen molar-refractivity contribution in [2.24, 2.45) is 5.92 Å². The van der Waals surface area contributed by atoms with Crippen molar-refractivity contribution in [3.05, 3.63) is 34.0 Å². The average Bonchev–Trinajstić information content (AvgIpc) is 2.64. The van der Waals surface area contributed by atoms with E-state index in [1.165, 1.54) is 25.7 Å². The van der Waals surface area contributed by atoms with Crippen LogP contribution in [0.4, 0.5) is 0 Å². The molecule has 0 radical (unpaired) electrons. The molecule has 0 saturated carbocycles. The molecule has 3 heteroatoms. The zero-order chi connectivity index (χ0) is 10.7. The highest BCUT2D eigenvalue weighted by molar-refractivity contribution is 5.08. The summed E-state index contributed by atoms with van der Waals surface area (Å²) in [6.45, 7) is 2.21. The first-order valence-corrected chi connectivity index (χ1v) is 5.72. The Balaban J connectivity index is 1.96. The van der Waals surface area contributed by atoms with Crippen molar-refractivity contribution >= 4 is 0 Å². The topological polar surface area (TPSA) is 48.6 Å². The van der Waals surface area contributed by atoms with Crippen LogP contribution in [0.2, 0.25) is 0 Å². The summed E-state index contributed by atoms with van der Waals surface area (Å²) in [5.74, 6) is 0.705. The summed E-state index contributed by atoms with van der Waals surface area (Å²) in [5.41, 5.74) is 2.53. The van der Waals surface area contributed by atoms with E-state index in [1.54, 1.807) is 11.8 Å². The molecule has 1 aliphatic carbocycles. The van der Waals surface area contributed by atoms with Gasteiger partial charge in [0.25, 0.3) is 0 Å². The van der Waals surface area contributed by atoms with Crippen LogP contribution in [-0.2, 0) is 6.42 Å². The van der Waals surface area contributed by atoms with Gasteiger partial charge in [-0.15, -0.1) is 0 Å². The third-order valence-electron chi connectivity index (χ3n) is 3.17. The molecule has 0 amide bonds. The molecule has 0 saturated heterocycles. The maximum Gasteiger partial charge on any atom is 0.323 e. The van der Waals surface area contributed by atoms with Crippen LogP contribution in [0, 0.1) is 5.92 Å². The Morgan fingerprint density at radius 3 is 3.07 bits per heavy atom. The SMILES string of the molecule is CCC1=CCCC(Cc2c[nH]c(=O)[nH]2)C1. The molecule has 1 heterocycles. The van der Waals surface area contributed by atoms with E-state index in [2.05, 4.69) is 23.0 Å². The quantitative estimate of drug-likeness (QED) is 0.733. The van der Waals surface area contributed by atoms with E-state index in [-0.39, 0.29) is 5.69 Å². The highest BCUT2D eigenvalue weighted by atomic mass is 16.1. The lowest BCUT2D eigenvalue weighted by molar-refractivity contribution is 0.453. The van der Waals surface area contributed by atoms with Crippen molar-refractivity contribution in [2.45, 2.75) is 39.0 Å². The first kappa shape index (κ1) is 10.3. The molecule has 1 aromatic rings. The first-order chi connectivity index (χ1) is 7.28. The van der Waals surface area contributed by atoms with Crippen LogP contribution < -0.4 is 5.69 Å². The van der Waals surface area contributed by atoms with E-state index in [0.29, 0.717) is 5.92 Å². The molecule has 0 bridgehead atoms. The zero-order valence-corrected chi connectivity index (χ0v) is 9.18. The standard InChI is InChI=1S/C12H18N2O/c1-2-9-4-3-5-10(6-9)7-11-8-13-12(15)14-11/h4,8,10H,2-3,5-7H2,1H3,(H2,13,14,15). The molecule has 0 aliphatic heterocycles. The first-order valence-electron chi connectivity index (χ1n) is 5.72. The normalized spacial score (nSPS) is 21.4. The Kier molecular flexibility index (Phi) is 3.09. The number of hydrogen-bond donors (Lipinski definition) is 2. The van der Waals surface area contributed by atoms with Crippen LogP contribution in [0.1, 0.15) is 38.3 Å². The van der Waals surface area contributed by atoms with Gasteiger partial charge in [0, 0.05) is 11.9 Å². The minimum absolute atomic E-state index is 0.0907. The van der Waals surface area contributed by atoms with Gasteiger partial charge < -0.3 is 9.97 Å². The number of aromatic nitrogens is 2. The molecule has 1 aliphatic rings. The third kappa shape index (κ3) is 2.61. The average molecular weight is 206 g/mol. The predicted molar refractivity (Wildman–Crippen MR) is 60.8 cm³/mol. The molecule has 82 valence electrons. The zero-order valence-electron chi connectivity index (χ0n) is 9.18. The molecule has 1 atom stereocenters. The van der Waals surface area contributed by atoms with Gasteiger partial charge in [-0.25, -0.2) is 4.79 Å². The number of aromatic amines is 2. The second kappa shape index (κ2) is 4.51. The van der Waals surface area contributed by atoms with Gasteiger partial charge >= 0.3 is 5.69 Å². The van der Waals surface area contributed by atoms with Gasteiger partial charge in [0.05, 0.1) is 0 Å². The highest BCUT2D eigenvalue weighted by Gasteiger charge is 2.15. The van der Waals surface area contributed by atoms with Crippen molar-refractivity contribution in [1.82, 2.24) is 9.97 Å². The number of hydrogen-bond acceptors (Lipinski definition) is 1. The molecule has 0 spiro atoms. The smallest absolute Gasteiger partial charge is 0.313 e. The van der Waals surface area contributed by atoms with Gasteiger partial charge in [0.15, 0.2) is 0 Å². The summed E-state index contributed by atoms with van der Waals surface area (Å²) in [4.78, 5) is 16.4. The molecule has 2 rings (SSSR count). The van der Waals surface area contributed by atoms with E-state index < -0.39 is 0 Å². The van der Waals surface area contributed by atoms with E-state index >= 15 is 0 Å². The molecular formula is C12H18N2O. The van der Waals surface area contributed by atoms with Crippen molar-refractivity contribution in [3.63, 3.8) is 0 Å². The van der Waals surface area contributed by atoms with Crippen molar-refractivity contribution < 1.29 is 0 Å². The monoisotopic (exact) mass is 206 g/mol. The minimum Gasteiger partial charge on any atom is -0.313 e. The fourth-order valence-electron chi connectivity index (χ4n) is 2.33. The number of imidazole rings is 1. The largest absolute Gasteiger partial charge is 0.323 e. The lowest BCUT2D eigenvalue weighted by Crippen LogP contribution is -2.11. The van der Waals surface area contributed by atoms with Crippen LogP contribution in [0.15, 0.2) is 22.6 Å². The number of nitrogens with one attached hydrogen (secondary N) is 2. The molecule has 1 unspecified atom stereocenters. The Morgan fingerprint density at radius 2 is 2.40 bits per heavy atom. The molecule has 1 aromatic heterocycles. The molecular weight excluding hydrogens is 188 g/mol. The van der Waals surface area contributed by atoms with Gasteiger partial charge in [-0.3, -0.25) is 0 Å².